The largest absolute Gasteiger partial charge is 0.465 e. The lowest BCUT2D eigenvalue weighted by Crippen LogP contribution is -2.45. The number of nitrogens with one attached hydrogen (secondary N) is 1. The van der Waals surface area contributed by atoms with Gasteiger partial charge in [0.1, 0.15) is 6.04 Å². The summed E-state index contributed by atoms with van der Waals surface area (Å²) < 4.78 is 34.4. The maximum atomic E-state index is 12.7. The van der Waals surface area contributed by atoms with Crippen LogP contribution in [0.25, 0.3) is 0 Å². The van der Waals surface area contributed by atoms with Crippen LogP contribution in [0.4, 0.5) is 0 Å². The Morgan fingerprint density at radius 3 is 2.66 bits per heavy atom. The molecule has 1 aliphatic rings. The number of esters is 1. The molecule has 2 aromatic carbocycles. The van der Waals surface area contributed by atoms with Gasteiger partial charge in [0.05, 0.1) is 29.3 Å². The Morgan fingerprint density at radius 1 is 1.23 bits per heavy atom. The van der Waals surface area contributed by atoms with E-state index in [1.165, 1.54) is 19.2 Å². The molecule has 3 aromatic rings. The lowest BCUT2D eigenvalue weighted by Gasteiger charge is -2.25. The van der Waals surface area contributed by atoms with Crippen LogP contribution in [-0.4, -0.2) is 48.4 Å². The Balaban J connectivity index is 1.53. The average Bonchev–Trinajstić information content (AvgIpc) is 3.30. The van der Waals surface area contributed by atoms with Crippen molar-refractivity contribution in [3.05, 3.63) is 76.6 Å². The molecule has 1 amide bonds. The van der Waals surface area contributed by atoms with E-state index in [2.05, 4.69) is 15.0 Å². The molecule has 1 aromatic heterocycles. The second-order valence-corrected chi connectivity index (χ2v) is 10.3. The van der Waals surface area contributed by atoms with Crippen LogP contribution in [-0.2, 0) is 32.4 Å². The number of sulfonamides is 1. The fourth-order valence-electron chi connectivity index (χ4n) is 4.25. The number of nitrogens with zero attached hydrogens (tertiary/aromatic N) is 3. The molecule has 35 heavy (non-hydrogen) atoms. The van der Waals surface area contributed by atoms with Crippen molar-refractivity contribution in [3.8, 4) is 0 Å². The zero-order chi connectivity index (χ0) is 25.2. The number of primary amides is 1. The van der Waals surface area contributed by atoms with Gasteiger partial charge in [-0.05, 0) is 61.6 Å². The second kappa shape index (κ2) is 9.96. The van der Waals surface area contributed by atoms with Gasteiger partial charge in [-0.25, -0.2) is 17.9 Å². The third-order valence-electron chi connectivity index (χ3n) is 6.11. The van der Waals surface area contributed by atoms with E-state index in [1.54, 1.807) is 29.1 Å². The van der Waals surface area contributed by atoms with Crippen LogP contribution in [0.5, 0.6) is 0 Å². The molecule has 10 nitrogen and oxygen atoms in total. The van der Waals surface area contributed by atoms with E-state index in [4.69, 9.17) is 10.5 Å². The van der Waals surface area contributed by atoms with E-state index < -0.39 is 22.0 Å². The number of amides is 1. The highest BCUT2D eigenvalue weighted by Crippen LogP contribution is 2.33. The van der Waals surface area contributed by atoms with Gasteiger partial charge in [-0.1, -0.05) is 29.0 Å². The lowest BCUT2D eigenvalue weighted by molar-refractivity contribution is -0.119. The van der Waals surface area contributed by atoms with Crippen LogP contribution in [0.1, 0.15) is 51.6 Å². The Bertz CT molecular complexity index is 1350. The highest BCUT2D eigenvalue weighted by Gasteiger charge is 2.27. The zero-order valence-corrected chi connectivity index (χ0v) is 20.3. The topological polar surface area (TPSA) is 146 Å². The number of ether oxygens (including phenoxy) is 1. The van der Waals surface area contributed by atoms with Gasteiger partial charge >= 0.3 is 5.97 Å². The molecule has 0 unspecified atom stereocenters. The fourth-order valence-corrected chi connectivity index (χ4v) is 5.45. The zero-order valence-electron chi connectivity index (χ0n) is 19.5. The van der Waals surface area contributed by atoms with Crippen molar-refractivity contribution in [2.45, 2.75) is 49.6 Å². The first-order valence-corrected chi connectivity index (χ1v) is 12.7. The minimum absolute atomic E-state index is 0.0404. The number of methoxy groups -OCH3 is 1. The van der Waals surface area contributed by atoms with Crippen molar-refractivity contribution in [2.75, 3.05) is 7.11 Å². The molecule has 3 N–H and O–H groups in total. The number of carbonyl (C=O) groups is 2. The lowest BCUT2D eigenvalue weighted by atomic mass is 9.86. The third-order valence-corrected chi connectivity index (χ3v) is 7.60. The number of carbonyl (C=O) groups excluding carboxylic acids is 2. The van der Waals surface area contributed by atoms with Gasteiger partial charge in [0.15, 0.2) is 0 Å². The van der Waals surface area contributed by atoms with Crippen molar-refractivity contribution < 1.29 is 22.7 Å². The van der Waals surface area contributed by atoms with E-state index in [-0.39, 0.29) is 23.3 Å². The number of rotatable bonds is 8. The smallest absolute Gasteiger partial charge is 0.337 e. The van der Waals surface area contributed by atoms with Crippen molar-refractivity contribution in [3.63, 3.8) is 0 Å². The van der Waals surface area contributed by atoms with Crippen LogP contribution in [0.2, 0.25) is 0 Å². The number of hydrogen-bond donors (Lipinski definition) is 2. The molecule has 2 atom stereocenters. The first kappa shape index (κ1) is 24.6. The molecule has 184 valence electrons. The van der Waals surface area contributed by atoms with Crippen molar-refractivity contribution in [1.29, 1.82) is 0 Å². The normalized spacial score (nSPS) is 16.3. The van der Waals surface area contributed by atoms with Gasteiger partial charge < -0.3 is 10.5 Å². The van der Waals surface area contributed by atoms with Crippen molar-refractivity contribution in [2.24, 2.45) is 5.73 Å². The number of aryl methyl sites for hydroxylation is 2. The first-order chi connectivity index (χ1) is 16.7. The molecule has 0 aliphatic heterocycles. The molecule has 4 rings (SSSR count). The molecule has 0 bridgehead atoms. The van der Waals surface area contributed by atoms with Gasteiger partial charge in [0.2, 0.25) is 15.9 Å². The number of benzene rings is 2. The summed E-state index contributed by atoms with van der Waals surface area (Å²) in [6.07, 6.45) is 4.22. The molecule has 0 fully saturated rings. The second-order valence-electron chi connectivity index (χ2n) is 8.60. The SMILES string of the molecule is COC(=O)c1ccc2c(c1)CCC[C@H]2n1cc(C[C@@H](NS(=O)(=O)c2ccc(C)cc2)C(N)=O)nn1. The van der Waals surface area contributed by atoms with E-state index in [9.17, 15) is 18.0 Å². The van der Waals surface area contributed by atoms with Gasteiger partial charge in [0.25, 0.3) is 0 Å². The predicted octanol–water partition coefficient (Wildman–Crippen LogP) is 1.67. The molecule has 1 aliphatic carbocycles. The summed E-state index contributed by atoms with van der Waals surface area (Å²) in [5, 5.41) is 8.39. The summed E-state index contributed by atoms with van der Waals surface area (Å²) in [5.41, 5.74) is 9.42. The van der Waals surface area contributed by atoms with Crippen LogP contribution < -0.4 is 10.5 Å². The minimum Gasteiger partial charge on any atom is -0.465 e. The number of fused-ring (bicyclic) bond motifs is 1. The molecule has 0 saturated carbocycles. The van der Waals surface area contributed by atoms with Crippen molar-refractivity contribution >= 4 is 21.9 Å². The highest BCUT2D eigenvalue weighted by atomic mass is 32.2. The monoisotopic (exact) mass is 497 g/mol. The Labute approximate surface area is 203 Å². The minimum atomic E-state index is -3.95. The molecule has 0 radical (unpaired) electrons. The van der Waals surface area contributed by atoms with Crippen LogP contribution in [0.3, 0.4) is 0 Å². The summed E-state index contributed by atoms with van der Waals surface area (Å²) >= 11 is 0. The van der Waals surface area contributed by atoms with E-state index in [1.807, 2.05) is 19.1 Å². The van der Waals surface area contributed by atoms with E-state index >= 15 is 0 Å². The Morgan fingerprint density at radius 2 is 1.97 bits per heavy atom. The standard InChI is InChI=1S/C24H27N5O5S/c1-15-6-9-19(10-7-15)35(32,33)27-21(23(25)30)13-18-14-29(28-26-18)22-5-3-4-16-12-17(24(31)34-2)8-11-20(16)22/h6-12,14,21-22,27H,3-5,13H2,1-2H3,(H2,25,30)/t21-,22-/m1/s1. The first-order valence-electron chi connectivity index (χ1n) is 11.2. The Hall–Kier alpha value is -3.57. The number of hydrogen-bond acceptors (Lipinski definition) is 7. The summed E-state index contributed by atoms with van der Waals surface area (Å²) in [4.78, 5) is 24.0. The molecular weight excluding hydrogens is 470 g/mol. The maximum Gasteiger partial charge on any atom is 0.337 e. The highest BCUT2D eigenvalue weighted by molar-refractivity contribution is 7.89. The summed E-state index contributed by atoms with van der Waals surface area (Å²) in [7, 11) is -2.60. The predicted molar refractivity (Wildman–Crippen MR) is 127 cm³/mol. The average molecular weight is 498 g/mol. The molecule has 0 spiro atoms. The quantitative estimate of drug-likeness (QED) is 0.450. The van der Waals surface area contributed by atoms with E-state index in [0.29, 0.717) is 11.3 Å². The third kappa shape index (κ3) is 5.41. The van der Waals surface area contributed by atoms with Gasteiger partial charge in [0, 0.05) is 12.6 Å². The molecular formula is C24H27N5O5S. The van der Waals surface area contributed by atoms with Gasteiger partial charge in [-0.3, -0.25) is 4.79 Å². The van der Waals surface area contributed by atoms with Crippen molar-refractivity contribution in [1.82, 2.24) is 19.7 Å². The molecule has 0 saturated heterocycles. The fraction of sp³-hybridized carbons (Fsp3) is 0.333. The number of nitrogens with two attached hydrogens (primary N) is 1. The van der Waals surface area contributed by atoms with E-state index in [0.717, 1.165) is 36.0 Å². The van der Waals surface area contributed by atoms with Gasteiger partial charge in [-0.15, -0.1) is 5.10 Å². The van der Waals surface area contributed by atoms with Crippen LogP contribution >= 0.6 is 0 Å². The number of aromatic nitrogens is 3. The summed E-state index contributed by atoms with van der Waals surface area (Å²) in [6, 6.07) is 10.5. The van der Waals surface area contributed by atoms with Crippen LogP contribution in [0, 0.1) is 6.92 Å². The Kier molecular flexibility index (Phi) is 6.99. The maximum absolute atomic E-state index is 12.7. The van der Waals surface area contributed by atoms with Gasteiger partial charge in [-0.2, -0.15) is 4.72 Å². The summed E-state index contributed by atoms with van der Waals surface area (Å²) in [6.45, 7) is 1.85. The molecule has 1 heterocycles. The van der Waals surface area contributed by atoms with Crippen LogP contribution in [0.15, 0.2) is 53.6 Å². The summed E-state index contributed by atoms with van der Waals surface area (Å²) in [5.74, 6) is -1.20. The molecule has 11 heteroatoms.